The van der Waals surface area contributed by atoms with Crippen LogP contribution in [0, 0.1) is 0 Å². The van der Waals surface area contributed by atoms with Gasteiger partial charge in [-0.25, -0.2) is 8.42 Å². The number of aliphatic hydroxyl groups is 2. The van der Waals surface area contributed by atoms with E-state index in [1.165, 1.54) is 41.1 Å². The Kier molecular flexibility index (Phi) is 13.5. The highest BCUT2D eigenvalue weighted by molar-refractivity contribution is 7.85. The quantitative estimate of drug-likeness (QED) is 0.396. The van der Waals surface area contributed by atoms with E-state index in [1.54, 1.807) is 0 Å². The van der Waals surface area contributed by atoms with Gasteiger partial charge in [-0.05, 0) is 20.8 Å². The highest BCUT2D eigenvalue weighted by Crippen LogP contribution is 2.13. The zero-order valence-corrected chi connectivity index (χ0v) is 17.7. The topological polar surface area (TPSA) is 101 Å². The van der Waals surface area contributed by atoms with Crippen molar-refractivity contribution in [1.29, 1.82) is 0 Å². The van der Waals surface area contributed by atoms with Crippen LogP contribution in [0.3, 0.4) is 0 Å². The van der Waals surface area contributed by atoms with Crippen molar-refractivity contribution < 1.29 is 27.7 Å². The third-order valence-electron chi connectivity index (χ3n) is 4.86. The van der Waals surface area contributed by atoms with Gasteiger partial charge in [-0.15, -0.1) is 0 Å². The smallest absolute Gasteiger partial charge is 0.104 e. The zero-order valence-electron chi connectivity index (χ0n) is 16.9. The van der Waals surface area contributed by atoms with E-state index in [1.807, 2.05) is 0 Å². The van der Waals surface area contributed by atoms with E-state index in [0.29, 0.717) is 0 Å². The van der Waals surface area contributed by atoms with Crippen molar-refractivity contribution in [3.8, 4) is 0 Å². The number of quaternary nitrogens is 1. The Balaban J connectivity index is 0.000000503. The second-order valence-corrected chi connectivity index (χ2v) is 8.01. The molecular formula is C19H36N2O5S. The van der Waals surface area contributed by atoms with E-state index >= 15 is 0 Å². The molecule has 0 fully saturated rings. The van der Waals surface area contributed by atoms with Crippen molar-refractivity contribution in [2.75, 3.05) is 58.2 Å². The molecule has 0 aliphatic rings. The van der Waals surface area contributed by atoms with Crippen LogP contribution in [-0.4, -0.2) is 90.8 Å². The van der Waals surface area contributed by atoms with Gasteiger partial charge in [-0.3, -0.25) is 4.90 Å². The Morgan fingerprint density at radius 3 is 1.78 bits per heavy atom. The largest absolute Gasteiger partial charge is 0.748 e. The van der Waals surface area contributed by atoms with Gasteiger partial charge in [0.25, 0.3) is 0 Å². The summed E-state index contributed by atoms with van der Waals surface area (Å²) >= 11 is 0. The van der Waals surface area contributed by atoms with Gasteiger partial charge in [-0.2, -0.15) is 0 Å². The highest BCUT2D eigenvalue weighted by Gasteiger charge is 2.20. The predicted octanol–water partition coefficient (Wildman–Crippen LogP) is 0.881. The number of hydrogen-bond donors (Lipinski definition) is 2. The second kappa shape index (κ2) is 14.0. The summed E-state index contributed by atoms with van der Waals surface area (Å²) in [6.45, 7) is 12.0. The molecule has 0 bridgehead atoms. The van der Waals surface area contributed by atoms with Crippen molar-refractivity contribution in [2.45, 2.75) is 27.3 Å². The monoisotopic (exact) mass is 404 g/mol. The summed E-state index contributed by atoms with van der Waals surface area (Å²) in [5, 5.41) is 17.1. The Morgan fingerprint density at radius 2 is 1.41 bits per heavy atom. The fourth-order valence-electron chi connectivity index (χ4n) is 2.84. The Morgan fingerprint density at radius 1 is 0.926 bits per heavy atom. The summed E-state index contributed by atoms with van der Waals surface area (Å²) in [6.07, 6.45) is 0. The second-order valence-electron chi connectivity index (χ2n) is 6.48. The summed E-state index contributed by atoms with van der Waals surface area (Å²) in [7, 11) is -4.21. The molecule has 0 spiro atoms. The van der Waals surface area contributed by atoms with E-state index < -0.39 is 15.9 Å². The van der Waals surface area contributed by atoms with E-state index in [2.05, 4.69) is 51.1 Å². The molecule has 0 amide bonds. The molecule has 0 saturated heterocycles. The minimum absolute atomic E-state index is 0.0486. The molecule has 1 rings (SSSR count). The molecule has 0 aromatic heterocycles. The minimum Gasteiger partial charge on any atom is -0.748 e. The van der Waals surface area contributed by atoms with Gasteiger partial charge in [0, 0.05) is 25.2 Å². The van der Waals surface area contributed by atoms with Crippen LogP contribution in [-0.2, 0) is 16.7 Å². The molecule has 0 atom stereocenters. The maximum atomic E-state index is 10.2. The number of nitrogens with zero attached hydrogens (tertiary/aromatic N) is 2. The molecule has 2 N–H and O–H groups in total. The lowest BCUT2D eigenvalue weighted by molar-refractivity contribution is -0.936. The lowest BCUT2D eigenvalue weighted by atomic mass is 10.2. The zero-order chi connectivity index (χ0) is 20.8. The molecule has 1 aromatic rings. The third kappa shape index (κ3) is 12.1. The third-order valence-corrected chi connectivity index (χ3v) is 5.55. The van der Waals surface area contributed by atoms with E-state index in [4.69, 9.17) is 10.2 Å². The number of benzene rings is 1. The molecule has 7 nitrogen and oxygen atoms in total. The average molecular weight is 405 g/mol. The summed E-state index contributed by atoms with van der Waals surface area (Å²) < 4.78 is 31.9. The SMILES string of the molecule is CC[N+](CC)(CC)Cc1ccccc1.O=S(=O)([O-])CCN(CCO)CCO. The van der Waals surface area contributed by atoms with Crippen LogP contribution in [0.5, 0.6) is 0 Å². The summed E-state index contributed by atoms with van der Waals surface area (Å²) in [4.78, 5) is 1.51. The predicted molar refractivity (Wildman–Crippen MR) is 107 cm³/mol. The van der Waals surface area contributed by atoms with Gasteiger partial charge < -0.3 is 19.2 Å². The van der Waals surface area contributed by atoms with Gasteiger partial charge in [0.2, 0.25) is 0 Å². The average Bonchev–Trinajstić information content (AvgIpc) is 2.65. The molecule has 0 aliphatic heterocycles. The van der Waals surface area contributed by atoms with Crippen molar-refractivity contribution in [3.63, 3.8) is 0 Å². The van der Waals surface area contributed by atoms with Crippen molar-refractivity contribution >= 4 is 10.1 Å². The summed E-state index contributed by atoms with van der Waals surface area (Å²) in [5.41, 5.74) is 1.46. The number of hydrogen-bond acceptors (Lipinski definition) is 6. The van der Waals surface area contributed by atoms with E-state index in [0.717, 1.165) is 0 Å². The van der Waals surface area contributed by atoms with Crippen molar-refractivity contribution in [2.24, 2.45) is 0 Å². The van der Waals surface area contributed by atoms with Crippen LogP contribution >= 0.6 is 0 Å². The fourth-order valence-corrected chi connectivity index (χ4v) is 3.32. The molecule has 0 heterocycles. The van der Waals surface area contributed by atoms with E-state index in [9.17, 15) is 13.0 Å². The maximum absolute atomic E-state index is 10.2. The number of rotatable bonds is 12. The summed E-state index contributed by atoms with van der Waals surface area (Å²) in [5.74, 6) is -0.493. The Labute approximate surface area is 164 Å². The van der Waals surface area contributed by atoms with Gasteiger partial charge in [0.05, 0.1) is 48.7 Å². The van der Waals surface area contributed by atoms with Crippen LogP contribution in [0.1, 0.15) is 26.3 Å². The molecule has 8 heteroatoms. The van der Waals surface area contributed by atoms with Gasteiger partial charge in [0.1, 0.15) is 6.54 Å². The minimum atomic E-state index is -4.21. The molecule has 27 heavy (non-hydrogen) atoms. The standard InChI is InChI=1S/C13H22N.C6H15NO5S/c1-4-14(5-2,6-3)12-13-10-8-7-9-11-13;8-4-1-7(2-5-9)3-6-13(10,11)12/h7-11H,4-6,12H2,1-3H3;8-9H,1-6H2,(H,10,11,12)/q+1;/p-1. The van der Waals surface area contributed by atoms with Crippen LogP contribution in [0.2, 0.25) is 0 Å². The van der Waals surface area contributed by atoms with Gasteiger partial charge in [-0.1, -0.05) is 30.3 Å². The first-order chi connectivity index (χ1) is 12.8. The van der Waals surface area contributed by atoms with Crippen LogP contribution in [0.15, 0.2) is 30.3 Å². The molecule has 158 valence electrons. The summed E-state index contributed by atoms with van der Waals surface area (Å²) in [6, 6.07) is 10.8. The first kappa shape index (κ1) is 26.0. The first-order valence-electron chi connectivity index (χ1n) is 9.52. The first-order valence-corrected chi connectivity index (χ1v) is 11.1. The molecule has 0 aliphatic carbocycles. The maximum Gasteiger partial charge on any atom is 0.104 e. The molecule has 0 unspecified atom stereocenters. The lowest BCUT2D eigenvalue weighted by Gasteiger charge is -2.35. The van der Waals surface area contributed by atoms with Crippen molar-refractivity contribution in [3.05, 3.63) is 35.9 Å². The lowest BCUT2D eigenvalue weighted by Crippen LogP contribution is -2.46. The molecule has 1 aromatic carbocycles. The molecular weight excluding hydrogens is 368 g/mol. The number of aliphatic hydroxyl groups excluding tert-OH is 2. The molecule has 0 saturated carbocycles. The van der Waals surface area contributed by atoms with Crippen LogP contribution < -0.4 is 0 Å². The highest BCUT2D eigenvalue weighted by atomic mass is 32.2. The Hall–Kier alpha value is -1.03. The fraction of sp³-hybridized carbons (Fsp3) is 0.684. The van der Waals surface area contributed by atoms with E-state index in [-0.39, 0.29) is 32.8 Å². The van der Waals surface area contributed by atoms with Gasteiger partial charge in [0.15, 0.2) is 0 Å². The van der Waals surface area contributed by atoms with Gasteiger partial charge >= 0.3 is 0 Å². The Bertz CT molecular complexity index is 563. The van der Waals surface area contributed by atoms with Crippen LogP contribution in [0.4, 0.5) is 0 Å². The van der Waals surface area contributed by atoms with Crippen LogP contribution in [0.25, 0.3) is 0 Å². The normalized spacial score (nSPS) is 12.0. The molecule has 0 radical (unpaired) electrons. The van der Waals surface area contributed by atoms with Crippen molar-refractivity contribution in [1.82, 2.24) is 4.90 Å².